The van der Waals surface area contributed by atoms with Crippen LogP contribution in [0.25, 0.3) is 11.0 Å². The second kappa shape index (κ2) is 12.4. The molecule has 3 heterocycles. The Kier molecular flexibility index (Phi) is 8.69. The summed E-state index contributed by atoms with van der Waals surface area (Å²) in [7, 11) is 1.62. The molecule has 4 aliphatic rings. The number of amides is 2. The van der Waals surface area contributed by atoms with E-state index in [4.69, 9.17) is 24.2 Å². The fourth-order valence-electron chi connectivity index (χ4n) is 8.00. The molecule has 1 saturated heterocycles. The molecule has 2 saturated carbocycles. The van der Waals surface area contributed by atoms with Gasteiger partial charge in [-0.05, 0) is 81.3 Å². The van der Waals surface area contributed by atoms with Gasteiger partial charge in [-0.2, -0.15) is 0 Å². The normalized spacial score (nSPS) is 32.3. The van der Waals surface area contributed by atoms with Gasteiger partial charge in [0.05, 0.1) is 30.7 Å². The number of nitrogens with one attached hydrogen (secondary N) is 1. The molecule has 6 rings (SSSR count). The zero-order valence-corrected chi connectivity index (χ0v) is 27.5. The van der Waals surface area contributed by atoms with Crippen molar-refractivity contribution in [2.24, 2.45) is 23.2 Å². The largest absolute Gasteiger partial charge is 0.497 e. The van der Waals surface area contributed by atoms with Crippen molar-refractivity contribution >= 4 is 28.8 Å². The van der Waals surface area contributed by atoms with Crippen LogP contribution < -0.4 is 14.8 Å². The summed E-state index contributed by atoms with van der Waals surface area (Å²) in [5, 5.41) is 2.92. The van der Waals surface area contributed by atoms with Crippen LogP contribution in [-0.4, -0.2) is 70.6 Å². The Hall–Kier alpha value is -3.43. The molecule has 0 spiro atoms. The molecule has 2 aliphatic carbocycles. The van der Waals surface area contributed by atoms with Gasteiger partial charge < -0.3 is 24.4 Å². The van der Waals surface area contributed by atoms with E-state index in [0.717, 1.165) is 56.2 Å². The number of hydrogen-bond acceptors (Lipinski definition) is 8. The lowest BCUT2D eigenvalue weighted by molar-refractivity contribution is -0.141. The summed E-state index contributed by atoms with van der Waals surface area (Å²) in [6.07, 6.45) is 6.52. The number of benzene rings is 1. The predicted octanol–water partition coefficient (Wildman–Crippen LogP) is 5.81. The van der Waals surface area contributed by atoms with Crippen LogP contribution >= 0.6 is 0 Å². The first-order valence-electron chi connectivity index (χ1n) is 16.8. The number of ether oxygens (including phenoxy) is 3. The van der Waals surface area contributed by atoms with Crippen molar-refractivity contribution in [2.75, 3.05) is 13.7 Å². The van der Waals surface area contributed by atoms with Gasteiger partial charge in [-0.1, -0.05) is 34.1 Å². The number of carbonyl (C=O) groups is 3. The number of nitrogens with zero attached hydrogens (tertiary/aromatic N) is 3. The lowest BCUT2D eigenvalue weighted by Gasteiger charge is -2.35. The van der Waals surface area contributed by atoms with Crippen LogP contribution in [0.5, 0.6) is 11.6 Å². The van der Waals surface area contributed by atoms with E-state index in [1.165, 1.54) is 6.92 Å². The lowest BCUT2D eigenvalue weighted by Crippen LogP contribution is -2.57. The quantitative estimate of drug-likeness (QED) is 0.457. The maximum atomic E-state index is 14.3. The number of methoxy groups -OCH3 is 1. The number of carbonyl (C=O) groups excluding carboxylic acids is 3. The lowest BCUT2D eigenvalue weighted by atomic mass is 9.85. The highest BCUT2D eigenvalue weighted by molar-refractivity contribution is 5.92. The SMILES string of the molecule is CC[C@@H]1[C@@H]2CN(C(=O)[C@H](C(C)(C)C)NC(=O)O[C@@H]3CCC[C@H]3CCCC3CC3c3nc4ccc(OC)cc4nc3O2)[C@@H]1C(C)=O. The van der Waals surface area contributed by atoms with Crippen molar-refractivity contribution in [3.63, 3.8) is 0 Å². The standard InChI is InChI=1S/C35H48N4O6/c1-7-23-28-18-39(30(23)19(2)40)33(41)31(35(3,4)5)38-34(42)45-27-13-9-11-20(27)10-8-12-21-16-24(21)29-32(44-28)37-26-17-22(43-6)14-15-25(26)36-29/h14-15,17,20-21,23-24,27-28,30-31H,7-13,16,18H2,1-6H3,(H,38,42)/t20-,21?,23-,24?,27-,28+,30-,31-/m1/s1. The molecule has 2 aliphatic heterocycles. The Morgan fingerprint density at radius 3 is 2.44 bits per heavy atom. The van der Waals surface area contributed by atoms with Gasteiger partial charge in [-0.3, -0.25) is 9.59 Å². The Bertz CT molecular complexity index is 1460. The highest BCUT2D eigenvalue weighted by Gasteiger charge is 2.51. The van der Waals surface area contributed by atoms with Crippen LogP contribution in [0.1, 0.15) is 97.6 Å². The fraction of sp³-hybridized carbons (Fsp3) is 0.686. The molecule has 1 aromatic heterocycles. The molecule has 2 amide bonds. The minimum absolute atomic E-state index is 0.104. The van der Waals surface area contributed by atoms with E-state index < -0.39 is 29.7 Å². The first-order chi connectivity index (χ1) is 21.5. The Morgan fingerprint density at radius 2 is 1.76 bits per heavy atom. The van der Waals surface area contributed by atoms with Crippen LogP contribution in [0.2, 0.25) is 0 Å². The zero-order valence-electron chi connectivity index (χ0n) is 27.5. The van der Waals surface area contributed by atoms with E-state index in [9.17, 15) is 14.4 Å². The van der Waals surface area contributed by atoms with E-state index in [1.807, 2.05) is 45.9 Å². The molecule has 10 nitrogen and oxygen atoms in total. The van der Waals surface area contributed by atoms with Gasteiger partial charge in [0.2, 0.25) is 11.8 Å². The predicted molar refractivity (Wildman–Crippen MR) is 169 cm³/mol. The molecule has 2 aromatic rings. The van der Waals surface area contributed by atoms with Gasteiger partial charge in [-0.25, -0.2) is 14.8 Å². The van der Waals surface area contributed by atoms with Gasteiger partial charge in [-0.15, -0.1) is 0 Å². The first-order valence-corrected chi connectivity index (χ1v) is 16.8. The summed E-state index contributed by atoms with van der Waals surface area (Å²) in [5.74, 6) is 1.57. The van der Waals surface area contributed by atoms with E-state index in [1.54, 1.807) is 12.0 Å². The molecule has 1 N–H and O–H groups in total. The summed E-state index contributed by atoms with van der Waals surface area (Å²) in [6.45, 7) is 9.51. The summed E-state index contributed by atoms with van der Waals surface area (Å²) < 4.78 is 18.2. The number of Topliss-reactive ketones (excluding diaryl/α,β-unsaturated/α-hetero) is 1. The van der Waals surface area contributed by atoms with Crippen molar-refractivity contribution < 1.29 is 28.6 Å². The second-order valence-corrected chi connectivity index (χ2v) is 14.7. The molecule has 1 aromatic carbocycles. The van der Waals surface area contributed by atoms with Crippen molar-refractivity contribution in [3.05, 3.63) is 23.9 Å². The molecule has 0 radical (unpaired) electrons. The van der Waals surface area contributed by atoms with E-state index >= 15 is 0 Å². The Labute approximate surface area is 266 Å². The third-order valence-electron chi connectivity index (χ3n) is 10.5. The average Bonchev–Trinajstić information content (AvgIpc) is 3.46. The highest BCUT2D eigenvalue weighted by Crippen LogP contribution is 2.53. The summed E-state index contributed by atoms with van der Waals surface area (Å²) in [6, 6.07) is 4.13. The molecular formula is C35H48N4O6. The third kappa shape index (κ3) is 6.34. The summed E-state index contributed by atoms with van der Waals surface area (Å²) >= 11 is 0. The van der Waals surface area contributed by atoms with Gasteiger partial charge in [0.1, 0.15) is 29.7 Å². The van der Waals surface area contributed by atoms with Crippen molar-refractivity contribution in [1.82, 2.24) is 20.2 Å². The van der Waals surface area contributed by atoms with Crippen molar-refractivity contribution in [1.29, 1.82) is 0 Å². The molecule has 2 unspecified atom stereocenters. The highest BCUT2D eigenvalue weighted by atomic mass is 16.6. The molecule has 45 heavy (non-hydrogen) atoms. The van der Waals surface area contributed by atoms with Crippen molar-refractivity contribution in [3.8, 4) is 11.6 Å². The summed E-state index contributed by atoms with van der Waals surface area (Å²) in [5.41, 5.74) is 1.71. The molecule has 10 heteroatoms. The van der Waals surface area contributed by atoms with Gasteiger partial charge in [0, 0.05) is 17.9 Å². The summed E-state index contributed by atoms with van der Waals surface area (Å²) in [4.78, 5) is 52.5. The molecule has 2 bridgehead atoms. The van der Waals surface area contributed by atoms with Crippen LogP contribution in [0.4, 0.5) is 4.79 Å². The Balaban J connectivity index is 1.40. The number of rotatable bonds is 3. The minimum Gasteiger partial charge on any atom is -0.497 e. The van der Waals surface area contributed by atoms with Gasteiger partial charge in [0.15, 0.2) is 5.78 Å². The fourth-order valence-corrected chi connectivity index (χ4v) is 8.00. The van der Waals surface area contributed by atoms with Crippen LogP contribution in [0.15, 0.2) is 18.2 Å². The van der Waals surface area contributed by atoms with Crippen LogP contribution in [0, 0.1) is 23.2 Å². The third-order valence-corrected chi connectivity index (χ3v) is 10.5. The average molecular weight is 621 g/mol. The van der Waals surface area contributed by atoms with E-state index in [2.05, 4.69) is 5.32 Å². The maximum absolute atomic E-state index is 14.3. The van der Waals surface area contributed by atoms with E-state index in [-0.39, 0.29) is 36.2 Å². The van der Waals surface area contributed by atoms with Crippen LogP contribution in [-0.2, 0) is 14.3 Å². The second-order valence-electron chi connectivity index (χ2n) is 14.7. The maximum Gasteiger partial charge on any atom is 0.408 e. The van der Waals surface area contributed by atoms with Gasteiger partial charge >= 0.3 is 6.09 Å². The number of aromatic nitrogens is 2. The topological polar surface area (TPSA) is 120 Å². The monoisotopic (exact) mass is 620 g/mol. The number of hydrogen-bond donors (Lipinski definition) is 1. The van der Waals surface area contributed by atoms with Crippen molar-refractivity contribution in [2.45, 2.75) is 116 Å². The Morgan fingerprint density at radius 1 is 1.02 bits per heavy atom. The first kappa shape index (κ1) is 31.5. The zero-order chi connectivity index (χ0) is 32.0. The van der Waals surface area contributed by atoms with Gasteiger partial charge in [0.25, 0.3) is 0 Å². The number of alkyl carbamates (subject to hydrolysis) is 1. The molecular weight excluding hydrogens is 572 g/mol. The smallest absolute Gasteiger partial charge is 0.408 e. The minimum atomic E-state index is -0.877. The molecule has 3 fully saturated rings. The van der Waals surface area contributed by atoms with E-state index in [0.29, 0.717) is 35.4 Å². The molecule has 8 atom stereocenters. The molecule has 244 valence electrons. The number of fused-ring (bicyclic) bond motifs is 7. The van der Waals surface area contributed by atoms with Crippen LogP contribution in [0.3, 0.4) is 0 Å². The number of ketones is 1.